The quantitative estimate of drug-likeness (QED) is 0.824. The number of carbonyl (C=O) groups excluding carboxylic acids is 2. The first kappa shape index (κ1) is 19.9. The standard InChI is InChI=1S/C21H21F3N2O2/c1-26(2)14-8-18(23)20(19(24)9-14)17-11-25-21(28)16(17)10-15(27)7-12-3-5-13(22)6-4-12/h3-6,8-9,16-17H,7,10-11H2,1-2H3,(H,25,28)/t16-,17+/m0/s1. The van der Waals surface area contributed by atoms with Crippen LogP contribution in [0.4, 0.5) is 18.9 Å². The summed E-state index contributed by atoms with van der Waals surface area (Å²) in [6, 6.07) is 7.95. The second-order valence-electron chi connectivity index (χ2n) is 7.22. The number of amides is 1. The lowest BCUT2D eigenvalue weighted by molar-refractivity contribution is -0.127. The molecule has 0 unspecified atom stereocenters. The second kappa shape index (κ2) is 8.04. The van der Waals surface area contributed by atoms with E-state index >= 15 is 0 Å². The largest absolute Gasteiger partial charge is 0.377 e. The molecule has 0 spiro atoms. The van der Waals surface area contributed by atoms with Crippen molar-refractivity contribution in [2.24, 2.45) is 5.92 Å². The van der Waals surface area contributed by atoms with Gasteiger partial charge in [-0.3, -0.25) is 9.59 Å². The number of benzene rings is 2. The Kier molecular flexibility index (Phi) is 5.72. The van der Waals surface area contributed by atoms with Crippen molar-refractivity contribution < 1.29 is 22.8 Å². The molecule has 1 saturated heterocycles. The summed E-state index contributed by atoms with van der Waals surface area (Å²) in [6.07, 6.45) is -0.108. The van der Waals surface area contributed by atoms with Crippen LogP contribution in [-0.4, -0.2) is 32.3 Å². The number of rotatable bonds is 6. The van der Waals surface area contributed by atoms with Crippen LogP contribution in [0, 0.1) is 23.4 Å². The van der Waals surface area contributed by atoms with Crippen LogP contribution in [0.2, 0.25) is 0 Å². The summed E-state index contributed by atoms with van der Waals surface area (Å²) in [4.78, 5) is 26.2. The van der Waals surface area contributed by atoms with Gasteiger partial charge in [0, 0.05) is 50.7 Å². The highest BCUT2D eigenvalue weighted by Gasteiger charge is 2.39. The molecule has 1 aliphatic rings. The predicted molar refractivity (Wildman–Crippen MR) is 99.7 cm³/mol. The van der Waals surface area contributed by atoms with E-state index in [2.05, 4.69) is 5.32 Å². The summed E-state index contributed by atoms with van der Waals surface area (Å²) in [7, 11) is 3.34. The Morgan fingerprint density at radius 3 is 2.29 bits per heavy atom. The van der Waals surface area contributed by atoms with Gasteiger partial charge in [-0.1, -0.05) is 12.1 Å². The number of carbonyl (C=O) groups is 2. The average molecular weight is 390 g/mol. The molecule has 2 aromatic rings. The van der Waals surface area contributed by atoms with Crippen LogP contribution in [0.1, 0.15) is 23.5 Å². The molecule has 0 saturated carbocycles. The molecule has 0 radical (unpaired) electrons. The minimum Gasteiger partial charge on any atom is -0.377 e. The van der Waals surface area contributed by atoms with E-state index in [4.69, 9.17) is 0 Å². The molecule has 7 heteroatoms. The van der Waals surface area contributed by atoms with Crippen LogP contribution < -0.4 is 10.2 Å². The summed E-state index contributed by atoms with van der Waals surface area (Å²) < 4.78 is 42.2. The zero-order valence-corrected chi connectivity index (χ0v) is 15.6. The number of hydrogen-bond donors (Lipinski definition) is 1. The highest BCUT2D eigenvalue weighted by atomic mass is 19.1. The Morgan fingerprint density at radius 1 is 1.11 bits per heavy atom. The summed E-state index contributed by atoms with van der Waals surface area (Å²) >= 11 is 0. The Bertz CT molecular complexity index is 874. The highest BCUT2D eigenvalue weighted by Crippen LogP contribution is 2.36. The van der Waals surface area contributed by atoms with Crippen molar-refractivity contribution in [1.82, 2.24) is 5.32 Å². The van der Waals surface area contributed by atoms with E-state index in [9.17, 15) is 22.8 Å². The molecule has 1 fully saturated rings. The molecule has 2 aromatic carbocycles. The van der Waals surface area contributed by atoms with Crippen molar-refractivity contribution in [3.8, 4) is 0 Å². The van der Waals surface area contributed by atoms with E-state index in [-0.39, 0.29) is 30.7 Å². The fourth-order valence-electron chi connectivity index (χ4n) is 3.54. The van der Waals surface area contributed by atoms with Gasteiger partial charge in [0.1, 0.15) is 23.2 Å². The molecule has 4 nitrogen and oxygen atoms in total. The number of anilines is 1. The minimum absolute atomic E-state index is 0.0291. The van der Waals surface area contributed by atoms with Gasteiger partial charge in [-0.25, -0.2) is 13.2 Å². The number of Topliss-reactive ketones (excluding diaryl/α,β-unsaturated/α-hetero) is 1. The summed E-state index contributed by atoms with van der Waals surface area (Å²) in [5, 5.41) is 2.60. The molecule has 0 aliphatic carbocycles. The third kappa shape index (κ3) is 4.18. The summed E-state index contributed by atoms with van der Waals surface area (Å²) in [5.41, 5.74) is 0.817. The number of nitrogens with zero attached hydrogens (tertiary/aromatic N) is 1. The van der Waals surface area contributed by atoms with Gasteiger partial charge in [0.2, 0.25) is 5.91 Å². The van der Waals surface area contributed by atoms with Gasteiger partial charge in [-0.15, -0.1) is 0 Å². The lowest BCUT2D eigenvalue weighted by Crippen LogP contribution is -2.23. The van der Waals surface area contributed by atoms with Gasteiger partial charge >= 0.3 is 0 Å². The SMILES string of the molecule is CN(C)c1cc(F)c([C@@H]2CNC(=O)[C@H]2CC(=O)Cc2ccc(F)cc2)c(F)c1. The summed E-state index contributed by atoms with van der Waals surface area (Å²) in [5.74, 6) is -4.12. The fraction of sp³-hybridized carbons (Fsp3) is 0.333. The minimum atomic E-state index is -0.845. The van der Waals surface area contributed by atoms with Crippen molar-refractivity contribution >= 4 is 17.4 Å². The third-order valence-electron chi connectivity index (χ3n) is 5.03. The number of halogens is 3. The topological polar surface area (TPSA) is 49.4 Å². The Hall–Kier alpha value is -2.83. The van der Waals surface area contributed by atoms with Crippen molar-refractivity contribution in [2.45, 2.75) is 18.8 Å². The van der Waals surface area contributed by atoms with Crippen LogP contribution in [0.3, 0.4) is 0 Å². The van der Waals surface area contributed by atoms with Crippen molar-refractivity contribution in [3.05, 3.63) is 65.0 Å². The third-order valence-corrected chi connectivity index (χ3v) is 5.03. The monoisotopic (exact) mass is 390 g/mol. The van der Waals surface area contributed by atoms with E-state index in [1.54, 1.807) is 19.0 Å². The Morgan fingerprint density at radius 2 is 1.71 bits per heavy atom. The smallest absolute Gasteiger partial charge is 0.224 e. The molecule has 28 heavy (non-hydrogen) atoms. The van der Waals surface area contributed by atoms with Gasteiger partial charge in [0.05, 0.1) is 5.92 Å². The van der Waals surface area contributed by atoms with E-state index < -0.39 is 35.2 Å². The van der Waals surface area contributed by atoms with Crippen LogP contribution >= 0.6 is 0 Å². The normalized spacial score (nSPS) is 18.8. The van der Waals surface area contributed by atoms with E-state index in [0.29, 0.717) is 11.3 Å². The maximum Gasteiger partial charge on any atom is 0.224 e. The molecule has 1 heterocycles. The van der Waals surface area contributed by atoms with Crippen LogP contribution in [-0.2, 0) is 16.0 Å². The highest BCUT2D eigenvalue weighted by molar-refractivity contribution is 5.90. The van der Waals surface area contributed by atoms with Crippen LogP contribution in [0.15, 0.2) is 36.4 Å². The molecule has 1 aliphatic heterocycles. The fourth-order valence-corrected chi connectivity index (χ4v) is 3.54. The van der Waals surface area contributed by atoms with Gasteiger partial charge < -0.3 is 10.2 Å². The first-order valence-electron chi connectivity index (χ1n) is 8.96. The maximum atomic E-state index is 14.6. The molecule has 1 amide bonds. The molecular weight excluding hydrogens is 369 g/mol. The molecule has 148 valence electrons. The van der Waals surface area contributed by atoms with Crippen LogP contribution in [0.25, 0.3) is 0 Å². The van der Waals surface area contributed by atoms with Crippen molar-refractivity contribution in [3.63, 3.8) is 0 Å². The molecule has 3 rings (SSSR count). The number of hydrogen-bond acceptors (Lipinski definition) is 3. The lowest BCUT2D eigenvalue weighted by atomic mass is 9.83. The lowest BCUT2D eigenvalue weighted by Gasteiger charge is -2.20. The van der Waals surface area contributed by atoms with E-state index in [1.165, 1.54) is 36.4 Å². The predicted octanol–water partition coefficient (Wildman–Crippen LogP) is 3.20. The van der Waals surface area contributed by atoms with Crippen LogP contribution in [0.5, 0.6) is 0 Å². The average Bonchev–Trinajstić information content (AvgIpc) is 2.97. The van der Waals surface area contributed by atoms with Gasteiger partial charge in [0.15, 0.2) is 0 Å². The number of nitrogens with one attached hydrogen (secondary N) is 1. The number of ketones is 1. The van der Waals surface area contributed by atoms with E-state index in [1.807, 2.05) is 0 Å². The first-order valence-corrected chi connectivity index (χ1v) is 8.96. The zero-order chi connectivity index (χ0) is 20.4. The van der Waals surface area contributed by atoms with Crippen molar-refractivity contribution in [1.29, 1.82) is 0 Å². The van der Waals surface area contributed by atoms with Gasteiger partial charge in [-0.05, 0) is 29.8 Å². The Balaban J connectivity index is 1.80. The van der Waals surface area contributed by atoms with Crippen molar-refractivity contribution in [2.75, 3.05) is 25.5 Å². The van der Waals surface area contributed by atoms with Gasteiger partial charge in [-0.2, -0.15) is 0 Å². The molecule has 1 N–H and O–H groups in total. The van der Waals surface area contributed by atoms with E-state index in [0.717, 1.165) is 0 Å². The molecule has 2 atom stereocenters. The second-order valence-corrected chi connectivity index (χ2v) is 7.22. The Labute approximate surface area is 161 Å². The van der Waals surface area contributed by atoms with Gasteiger partial charge in [0.25, 0.3) is 0 Å². The summed E-state index contributed by atoms with van der Waals surface area (Å²) in [6.45, 7) is 0.0719. The molecule has 0 aromatic heterocycles. The molecular formula is C21H21F3N2O2. The zero-order valence-electron chi connectivity index (χ0n) is 15.6. The molecule has 0 bridgehead atoms. The maximum absolute atomic E-state index is 14.6. The first-order chi connectivity index (χ1) is 13.3.